The zero-order valence-corrected chi connectivity index (χ0v) is 6.78. The molecule has 1 nitrogen and oxygen atoms in total. The lowest BCUT2D eigenvalue weighted by atomic mass is 11.0. The first-order chi connectivity index (χ1) is 3.70. The number of thiazole rings is 1. The van der Waals surface area contributed by atoms with E-state index in [0.29, 0.717) is 13.8 Å². The Bertz CT molecular complexity index is 178. The summed E-state index contributed by atoms with van der Waals surface area (Å²) in [7, 11) is 0. The van der Waals surface area contributed by atoms with Crippen molar-refractivity contribution in [2.24, 2.45) is 0 Å². The zero-order valence-electron chi connectivity index (χ0n) is 3.56. The van der Waals surface area contributed by atoms with Crippen LogP contribution in [0.25, 0.3) is 0 Å². The van der Waals surface area contributed by atoms with Crippen LogP contribution in [0.5, 0.6) is 0 Å². The molecule has 0 spiro atoms. The molecule has 8 heavy (non-hydrogen) atoms. The van der Waals surface area contributed by atoms with Crippen LogP contribution in [0.3, 0.4) is 0 Å². The molecule has 1 aromatic heterocycles. The minimum atomic E-state index is 0.378. The highest BCUT2D eigenvalue weighted by Gasteiger charge is 2.00. The largest absolute Gasteiger partial charge is 0.212 e. The Kier molecular flexibility index (Phi) is 2.03. The third kappa shape index (κ3) is 1.29. The lowest BCUT2D eigenvalue weighted by Gasteiger charge is -1.73. The normalized spacial score (nSPS) is 9.88. The lowest BCUT2D eigenvalue weighted by molar-refractivity contribution is 1.38. The fourth-order valence-electron chi connectivity index (χ4n) is 0.270. The highest BCUT2D eigenvalue weighted by atomic mass is 35.5. The summed E-state index contributed by atoms with van der Waals surface area (Å²) in [6.45, 7) is 0. The Labute approximate surface area is 66.1 Å². The Morgan fingerprint density at radius 2 is 2.12 bits per heavy atom. The molecule has 0 saturated carbocycles. The van der Waals surface area contributed by atoms with E-state index in [-0.39, 0.29) is 0 Å². The minimum absolute atomic E-state index is 0.378. The predicted molar refractivity (Wildman–Crippen MR) is 39.4 cm³/mol. The number of rotatable bonds is 0. The molecule has 0 aliphatic rings. The first-order valence-corrected chi connectivity index (χ1v) is 3.73. The number of thiol groups is 1. The third-order valence-electron chi connectivity index (χ3n) is 0.543. The molecular weight excluding hydrogens is 185 g/mol. The topological polar surface area (TPSA) is 12.9 Å². The van der Waals surface area contributed by atoms with Crippen LogP contribution in [-0.2, 0) is 0 Å². The van der Waals surface area contributed by atoms with Gasteiger partial charge in [0.25, 0.3) is 0 Å². The molecule has 0 saturated heterocycles. The number of hydrogen-bond acceptors (Lipinski definition) is 3. The van der Waals surface area contributed by atoms with E-state index in [1.54, 1.807) is 0 Å². The number of halogens is 2. The highest BCUT2D eigenvalue weighted by molar-refractivity contribution is 7.83. The van der Waals surface area contributed by atoms with Gasteiger partial charge in [-0.1, -0.05) is 34.5 Å². The maximum atomic E-state index is 5.47. The molecule has 0 fully saturated rings. The summed E-state index contributed by atoms with van der Waals surface area (Å²) in [5.74, 6) is 0. The first-order valence-electron chi connectivity index (χ1n) is 1.71. The van der Waals surface area contributed by atoms with Crippen LogP contribution < -0.4 is 0 Å². The molecule has 0 amide bonds. The Balaban J connectivity index is 3.14. The SMILES string of the molecule is Sc1sc(Cl)nc1Cl. The van der Waals surface area contributed by atoms with E-state index >= 15 is 0 Å². The standard InChI is InChI=1S/C3HCl2NS2/c4-1-2(7)8-3(5)6-1/h7H. The van der Waals surface area contributed by atoms with E-state index in [1.165, 1.54) is 11.3 Å². The van der Waals surface area contributed by atoms with E-state index < -0.39 is 0 Å². The van der Waals surface area contributed by atoms with Crippen LogP contribution in [0.2, 0.25) is 9.62 Å². The fourth-order valence-corrected chi connectivity index (χ4v) is 1.78. The lowest BCUT2D eigenvalue weighted by Crippen LogP contribution is -1.57. The summed E-state index contributed by atoms with van der Waals surface area (Å²) < 4.78 is 1.09. The summed E-state index contributed by atoms with van der Waals surface area (Å²) in [5, 5.41) is 0.378. The van der Waals surface area contributed by atoms with Gasteiger partial charge in [-0.25, -0.2) is 4.98 Å². The second kappa shape index (κ2) is 2.43. The number of hydrogen-bond donors (Lipinski definition) is 1. The van der Waals surface area contributed by atoms with Gasteiger partial charge < -0.3 is 0 Å². The van der Waals surface area contributed by atoms with Gasteiger partial charge in [0.15, 0.2) is 9.62 Å². The molecule has 0 aliphatic carbocycles. The predicted octanol–water partition coefficient (Wildman–Crippen LogP) is 2.74. The van der Waals surface area contributed by atoms with Crippen molar-refractivity contribution in [2.75, 3.05) is 0 Å². The summed E-state index contributed by atoms with van der Waals surface area (Å²) in [4.78, 5) is 3.68. The molecule has 0 unspecified atom stereocenters. The summed E-state index contributed by atoms with van der Waals surface area (Å²) in [6, 6.07) is 0. The average Bonchev–Trinajstić information content (AvgIpc) is 1.85. The van der Waals surface area contributed by atoms with Gasteiger partial charge in [0, 0.05) is 0 Å². The summed E-state index contributed by atoms with van der Waals surface area (Å²) in [6.07, 6.45) is 0. The van der Waals surface area contributed by atoms with E-state index in [4.69, 9.17) is 23.2 Å². The van der Waals surface area contributed by atoms with Crippen molar-refractivity contribution in [1.82, 2.24) is 4.98 Å². The van der Waals surface area contributed by atoms with E-state index in [0.717, 1.165) is 0 Å². The molecule has 1 aromatic rings. The van der Waals surface area contributed by atoms with Gasteiger partial charge >= 0.3 is 0 Å². The van der Waals surface area contributed by atoms with Gasteiger partial charge in [-0.2, -0.15) is 0 Å². The van der Waals surface area contributed by atoms with Crippen molar-refractivity contribution >= 4 is 47.2 Å². The molecule has 1 rings (SSSR count). The van der Waals surface area contributed by atoms with E-state index in [9.17, 15) is 0 Å². The van der Waals surface area contributed by atoms with Crippen LogP contribution >= 0.6 is 47.2 Å². The molecule has 5 heteroatoms. The second-order valence-corrected chi connectivity index (χ2v) is 3.75. The smallest absolute Gasteiger partial charge is 0.186 e. The van der Waals surface area contributed by atoms with Gasteiger partial charge in [-0.3, -0.25) is 0 Å². The molecule has 0 N–H and O–H groups in total. The van der Waals surface area contributed by atoms with Crippen LogP contribution in [0.4, 0.5) is 0 Å². The molecular formula is C3HCl2NS2. The van der Waals surface area contributed by atoms with Gasteiger partial charge in [0.05, 0.1) is 4.21 Å². The van der Waals surface area contributed by atoms with Gasteiger partial charge in [-0.15, -0.1) is 12.6 Å². The molecule has 0 aliphatic heterocycles. The molecule has 44 valence electrons. The highest BCUT2D eigenvalue weighted by Crippen LogP contribution is 2.28. The van der Waals surface area contributed by atoms with Crippen molar-refractivity contribution in [1.29, 1.82) is 0 Å². The van der Waals surface area contributed by atoms with Crippen molar-refractivity contribution < 1.29 is 0 Å². The maximum absolute atomic E-state index is 5.47. The molecule has 0 bridgehead atoms. The summed E-state index contributed by atoms with van der Waals surface area (Å²) in [5.41, 5.74) is 0. The number of nitrogens with zero attached hydrogens (tertiary/aromatic N) is 1. The van der Waals surface area contributed by atoms with Crippen molar-refractivity contribution in [3.8, 4) is 0 Å². The van der Waals surface area contributed by atoms with Gasteiger partial charge in [0.1, 0.15) is 0 Å². The minimum Gasteiger partial charge on any atom is -0.212 e. The maximum Gasteiger partial charge on any atom is 0.186 e. The van der Waals surface area contributed by atoms with Crippen molar-refractivity contribution in [3.63, 3.8) is 0 Å². The van der Waals surface area contributed by atoms with E-state index in [2.05, 4.69) is 17.6 Å². The van der Waals surface area contributed by atoms with Gasteiger partial charge in [0.2, 0.25) is 0 Å². The van der Waals surface area contributed by atoms with E-state index in [1.807, 2.05) is 0 Å². The molecule has 1 heterocycles. The van der Waals surface area contributed by atoms with Crippen molar-refractivity contribution in [2.45, 2.75) is 4.21 Å². The van der Waals surface area contributed by atoms with Gasteiger partial charge in [-0.05, 0) is 0 Å². The Hall–Kier alpha value is 0.560. The second-order valence-electron chi connectivity index (χ2n) is 1.06. The Morgan fingerprint density at radius 1 is 1.50 bits per heavy atom. The average molecular weight is 186 g/mol. The molecule has 0 aromatic carbocycles. The summed E-state index contributed by atoms with van der Waals surface area (Å²) >= 11 is 16.1. The monoisotopic (exact) mass is 185 g/mol. The zero-order chi connectivity index (χ0) is 6.15. The van der Waals surface area contributed by atoms with Crippen LogP contribution in [-0.4, -0.2) is 4.98 Å². The number of aromatic nitrogens is 1. The third-order valence-corrected chi connectivity index (χ3v) is 2.51. The Morgan fingerprint density at radius 3 is 2.25 bits per heavy atom. The molecule has 0 atom stereocenters. The van der Waals surface area contributed by atoms with Crippen molar-refractivity contribution in [3.05, 3.63) is 9.62 Å². The quantitative estimate of drug-likeness (QED) is 0.614. The van der Waals surface area contributed by atoms with Crippen LogP contribution in [0.1, 0.15) is 0 Å². The van der Waals surface area contributed by atoms with Crippen LogP contribution in [0.15, 0.2) is 4.21 Å². The first kappa shape index (κ1) is 6.68. The van der Waals surface area contributed by atoms with Crippen LogP contribution in [0, 0.1) is 0 Å². The fraction of sp³-hybridized carbons (Fsp3) is 0. The molecule has 0 radical (unpaired) electrons.